The molecule has 4 rings (SSSR count). The number of fused-ring (bicyclic) bond motifs is 5. The van der Waals surface area contributed by atoms with Crippen LogP contribution in [0.25, 0.3) is 21.0 Å². The highest BCUT2D eigenvalue weighted by molar-refractivity contribution is 7.21. The second-order valence-corrected chi connectivity index (χ2v) is 7.71. The Labute approximate surface area is 167 Å². The Morgan fingerprint density at radius 2 is 2.19 bits per heavy atom. The number of hydrogen-bond donors (Lipinski definition) is 3. The number of thiophene rings is 1. The molecule has 1 amide bonds. The zero-order valence-corrected chi connectivity index (χ0v) is 16.3. The summed E-state index contributed by atoms with van der Waals surface area (Å²) in [4.78, 5) is 21.0. The van der Waals surface area contributed by atoms with Gasteiger partial charge in [-0.05, 0) is 48.3 Å². The fourth-order valence-electron chi connectivity index (χ4n) is 2.95. The van der Waals surface area contributed by atoms with E-state index in [1.807, 2.05) is 25.1 Å². The average molecular weight is 422 g/mol. The zero-order chi connectivity index (χ0) is 19.1. The molecule has 0 bridgehead atoms. The number of carbonyl (C=O) groups is 1. The van der Waals surface area contributed by atoms with E-state index in [4.69, 9.17) is 33.3 Å². The number of hydrogen-bond acceptors (Lipinski definition) is 6. The molecule has 1 aliphatic heterocycles. The molecule has 0 unspecified atom stereocenters. The molecule has 3 aromatic rings. The van der Waals surface area contributed by atoms with Gasteiger partial charge in [0.2, 0.25) is 11.2 Å². The molecular weight excluding hydrogens is 409 g/mol. The van der Waals surface area contributed by atoms with Crippen LogP contribution in [0.2, 0.25) is 0 Å². The molecule has 0 aliphatic carbocycles. The second kappa shape index (κ2) is 6.95. The minimum absolute atomic E-state index is 0.0438. The van der Waals surface area contributed by atoms with Gasteiger partial charge in [-0.1, -0.05) is 0 Å². The third kappa shape index (κ3) is 3.43. The number of ether oxygens (including phenoxy) is 1. The lowest BCUT2D eigenvalue weighted by atomic mass is 10.1. The lowest BCUT2D eigenvalue weighted by Gasteiger charge is -2.10. The molecule has 138 valence electrons. The summed E-state index contributed by atoms with van der Waals surface area (Å²) in [6.07, 6.45) is 0. The van der Waals surface area contributed by atoms with Gasteiger partial charge in [-0.25, -0.2) is 4.98 Å². The molecule has 0 saturated carbocycles. The molecular formula is C17H13Cl2N5O2S. The normalized spacial score (nSPS) is 17.2. The molecule has 0 fully saturated rings. The van der Waals surface area contributed by atoms with Crippen molar-refractivity contribution >= 4 is 77.8 Å². The number of benzene rings is 1. The number of anilines is 1. The molecule has 3 heterocycles. The van der Waals surface area contributed by atoms with Crippen LogP contribution in [0.15, 0.2) is 29.3 Å². The Hall–Kier alpha value is -2.42. The first kappa shape index (κ1) is 18.0. The number of nitrogens with zero attached hydrogens (tertiary/aromatic N) is 2. The third-order valence-corrected chi connectivity index (χ3v) is 5.44. The SMILES string of the molecule is C[C@@H]1CNc2c(sc3ccc4nc(OC(Cl)=NC(=N)Cl)ccc4c23)C(=O)N1. The number of amides is 1. The van der Waals surface area contributed by atoms with Gasteiger partial charge in [0.05, 0.1) is 11.2 Å². The molecule has 0 radical (unpaired) electrons. The summed E-state index contributed by atoms with van der Waals surface area (Å²) in [7, 11) is 0. The molecule has 7 nitrogen and oxygen atoms in total. The first-order valence-corrected chi connectivity index (χ1v) is 9.56. The van der Waals surface area contributed by atoms with Gasteiger partial charge in [-0.3, -0.25) is 10.2 Å². The lowest BCUT2D eigenvalue weighted by molar-refractivity contribution is 0.0949. The van der Waals surface area contributed by atoms with E-state index in [2.05, 4.69) is 20.6 Å². The molecule has 1 aliphatic rings. The topological polar surface area (TPSA) is 99.5 Å². The van der Waals surface area contributed by atoms with Gasteiger partial charge in [0.1, 0.15) is 4.88 Å². The van der Waals surface area contributed by atoms with Crippen molar-refractivity contribution in [3.8, 4) is 5.88 Å². The van der Waals surface area contributed by atoms with Gasteiger partial charge in [0.25, 0.3) is 11.3 Å². The number of nitrogens with one attached hydrogen (secondary N) is 3. The van der Waals surface area contributed by atoms with Crippen LogP contribution >= 0.6 is 34.5 Å². The summed E-state index contributed by atoms with van der Waals surface area (Å²) >= 11 is 12.6. The number of aliphatic imine (C=N–C) groups is 1. The zero-order valence-electron chi connectivity index (χ0n) is 14.0. The van der Waals surface area contributed by atoms with Crippen molar-refractivity contribution in [2.24, 2.45) is 4.99 Å². The largest absolute Gasteiger partial charge is 0.411 e. The highest BCUT2D eigenvalue weighted by atomic mass is 35.5. The Morgan fingerprint density at radius 3 is 2.96 bits per heavy atom. The monoisotopic (exact) mass is 421 g/mol. The molecule has 1 atom stereocenters. The fourth-order valence-corrected chi connectivity index (χ4v) is 4.33. The Kier molecular flexibility index (Phi) is 4.63. The van der Waals surface area contributed by atoms with E-state index in [1.165, 1.54) is 11.3 Å². The Bertz CT molecular complexity index is 1130. The number of carbonyl (C=O) groups excluding carboxylic acids is 1. The molecule has 2 aromatic heterocycles. The van der Waals surface area contributed by atoms with Crippen LogP contribution in [0.3, 0.4) is 0 Å². The van der Waals surface area contributed by atoms with Crippen molar-refractivity contribution in [1.29, 1.82) is 5.41 Å². The summed E-state index contributed by atoms with van der Waals surface area (Å²) in [5, 5.41) is 14.5. The molecule has 0 spiro atoms. The summed E-state index contributed by atoms with van der Waals surface area (Å²) in [5.41, 5.74) is 1.51. The highest BCUT2D eigenvalue weighted by Crippen LogP contribution is 2.41. The molecule has 3 N–H and O–H groups in total. The minimum atomic E-state index is -0.484. The average Bonchev–Trinajstić information content (AvgIpc) is 2.91. The van der Waals surface area contributed by atoms with Gasteiger partial charge < -0.3 is 15.4 Å². The van der Waals surface area contributed by atoms with E-state index in [1.54, 1.807) is 6.07 Å². The minimum Gasteiger partial charge on any atom is -0.411 e. The van der Waals surface area contributed by atoms with E-state index in [0.717, 1.165) is 21.2 Å². The number of rotatable bonds is 1. The maximum absolute atomic E-state index is 12.5. The summed E-state index contributed by atoms with van der Waals surface area (Å²) in [6.45, 7) is 2.60. The van der Waals surface area contributed by atoms with Crippen molar-refractivity contribution in [1.82, 2.24) is 10.3 Å². The smallest absolute Gasteiger partial charge is 0.296 e. The van der Waals surface area contributed by atoms with Crippen molar-refractivity contribution < 1.29 is 9.53 Å². The van der Waals surface area contributed by atoms with Crippen LogP contribution in [0, 0.1) is 5.41 Å². The Morgan fingerprint density at radius 1 is 1.37 bits per heavy atom. The molecule has 1 aromatic carbocycles. The lowest BCUT2D eigenvalue weighted by Crippen LogP contribution is -2.34. The first-order chi connectivity index (χ1) is 12.9. The van der Waals surface area contributed by atoms with Gasteiger partial charge in [-0.2, -0.15) is 4.99 Å². The van der Waals surface area contributed by atoms with Crippen LogP contribution in [-0.2, 0) is 0 Å². The fraction of sp³-hybridized carbons (Fsp3) is 0.176. The third-order valence-electron chi connectivity index (χ3n) is 4.04. The van der Waals surface area contributed by atoms with Gasteiger partial charge in [-0.15, -0.1) is 11.3 Å². The quantitative estimate of drug-likeness (QED) is 0.312. The summed E-state index contributed by atoms with van der Waals surface area (Å²) in [5.74, 6) is 0.158. The Balaban J connectivity index is 1.82. The second-order valence-electron chi connectivity index (χ2n) is 5.97. The van der Waals surface area contributed by atoms with Crippen LogP contribution in [-0.4, -0.2) is 34.1 Å². The van der Waals surface area contributed by atoms with E-state index < -0.39 is 5.29 Å². The summed E-state index contributed by atoms with van der Waals surface area (Å²) < 4.78 is 6.29. The van der Waals surface area contributed by atoms with Gasteiger partial charge in [0, 0.05) is 34.1 Å². The van der Waals surface area contributed by atoms with E-state index in [0.29, 0.717) is 16.9 Å². The van der Waals surface area contributed by atoms with Gasteiger partial charge in [0.15, 0.2) is 0 Å². The van der Waals surface area contributed by atoms with E-state index in [9.17, 15) is 4.79 Å². The van der Waals surface area contributed by atoms with Crippen molar-refractivity contribution in [2.45, 2.75) is 13.0 Å². The van der Waals surface area contributed by atoms with E-state index >= 15 is 0 Å². The highest BCUT2D eigenvalue weighted by Gasteiger charge is 2.24. The van der Waals surface area contributed by atoms with E-state index in [-0.39, 0.29) is 23.2 Å². The number of amidine groups is 1. The maximum atomic E-state index is 12.5. The molecule has 27 heavy (non-hydrogen) atoms. The predicted molar refractivity (Wildman–Crippen MR) is 110 cm³/mol. The number of aromatic nitrogens is 1. The first-order valence-electron chi connectivity index (χ1n) is 7.99. The van der Waals surface area contributed by atoms with Crippen LogP contribution in [0.5, 0.6) is 5.88 Å². The number of pyridine rings is 1. The number of halogens is 2. The van der Waals surface area contributed by atoms with Gasteiger partial charge >= 0.3 is 0 Å². The van der Waals surface area contributed by atoms with Crippen molar-refractivity contribution in [3.63, 3.8) is 0 Å². The van der Waals surface area contributed by atoms with Crippen molar-refractivity contribution in [3.05, 3.63) is 29.1 Å². The van der Waals surface area contributed by atoms with Crippen LogP contribution < -0.4 is 15.4 Å². The summed E-state index contributed by atoms with van der Waals surface area (Å²) in [6, 6.07) is 7.34. The molecule has 0 saturated heterocycles. The standard InChI is InChI=1S/C17H13Cl2N5O2S/c1-7-6-21-13-12-8-2-5-11(26-17(19)24-16(18)20)23-9(8)3-4-10(12)27-14(13)15(25)22-7/h2-5,7,20-21H,6H2,1H3,(H,22,25)/t7-/m1/s1. The van der Waals surface area contributed by atoms with Crippen LogP contribution in [0.4, 0.5) is 5.69 Å². The van der Waals surface area contributed by atoms with Crippen LogP contribution in [0.1, 0.15) is 16.6 Å². The maximum Gasteiger partial charge on any atom is 0.296 e. The predicted octanol–water partition coefficient (Wildman–Crippen LogP) is 4.14. The van der Waals surface area contributed by atoms with Crippen molar-refractivity contribution in [2.75, 3.05) is 11.9 Å². The molecule has 10 heteroatoms.